The van der Waals surface area contributed by atoms with Crippen LogP contribution in [0.15, 0.2) is 48.5 Å². The maximum atomic E-state index is 12.2. The summed E-state index contributed by atoms with van der Waals surface area (Å²) < 4.78 is 4.91. The summed E-state index contributed by atoms with van der Waals surface area (Å²) in [5.41, 5.74) is 1.83. The Hall–Kier alpha value is -3.37. The number of hydrogen-bond donors (Lipinski definition) is 3. The molecule has 0 saturated carbocycles. The van der Waals surface area contributed by atoms with Crippen LogP contribution in [0.2, 0.25) is 0 Å². The van der Waals surface area contributed by atoms with E-state index in [2.05, 4.69) is 16.0 Å². The number of anilines is 2. The average molecular weight is 352 g/mol. The van der Waals surface area contributed by atoms with Gasteiger partial charge < -0.3 is 20.7 Å². The first-order valence-electron chi connectivity index (χ1n) is 8.04. The fourth-order valence-corrected chi connectivity index (χ4v) is 2.26. The summed E-state index contributed by atoms with van der Waals surface area (Å²) in [6, 6.07) is 15.7. The molecule has 7 nitrogen and oxygen atoms in total. The minimum Gasteiger partial charge on any atom is -0.383 e. The van der Waals surface area contributed by atoms with Gasteiger partial charge in [-0.1, -0.05) is 24.3 Å². The molecule has 0 aliphatic heterocycles. The summed E-state index contributed by atoms with van der Waals surface area (Å²) in [5, 5.41) is 17.4. The predicted octanol–water partition coefficient (Wildman–Crippen LogP) is 1.99. The first kappa shape index (κ1) is 19.0. The molecule has 0 aliphatic rings. The van der Waals surface area contributed by atoms with E-state index in [1.807, 2.05) is 6.07 Å². The van der Waals surface area contributed by atoms with Crippen LogP contribution in [0.4, 0.5) is 11.4 Å². The molecule has 2 rings (SSSR count). The highest BCUT2D eigenvalue weighted by Gasteiger charge is 2.12. The van der Waals surface area contributed by atoms with Crippen molar-refractivity contribution in [2.24, 2.45) is 0 Å². The lowest BCUT2D eigenvalue weighted by molar-refractivity contribution is -0.114. The van der Waals surface area contributed by atoms with Gasteiger partial charge in [-0.3, -0.25) is 9.59 Å². The second kappa shape index (κ2) is 9.81. The van der Waals surface area contributed by atoms with Crippen molar-refractivity contribution in [3.8, 4) is 6.07 Å². The minimum absolute atomic E-state index is 0.0396. The molecule has 2 aromatic rings. The molecule has 2 amide bonds. The third-order valence-electron chi connectivity index (χ3n) is 3.52. The predicted molar refractivity (Wildman–Crippen MR) is 98.9 cm³/mol. The lowest BCUT2D eigenvalue weighted by Gasteiger charge is -2.12. The molecule has 0 unspecified atom stereocenters. The molecule has 0 bridgehead atoms. The van der Waals surface area contributed by atoms with Gasteiger partial charge in [0.2, 0.25) is 5.91 Å². The zero-order valence-electron chi connectivity index (χ0n) is 14.4. The summed E-state index contributed by atoms with van der Waals surface area (Å²) in [6.07, 6.45) is 0. The second-order valence-electron chi connectivity index (χ2n) is 5.35. The van der Waals surface area contributed by atoms with E-state index in [1.165, 1.54) is 0 Å². The van der Waals surface area contributed by atoms with Gasteiger partial charge in [-0.15, -0.1) is 0 Å². The van der Waals surface area contributed by atoms with E-state index in [1.54, 1.807) is 55.6 Å². The van der Waals surface area contributed by atoms with Gasteiger partial charge in [0.1, 0.15) is 6.07 Å². The Balaban J connectivity index is 1.98. The van der Waals surface area contributed by atoms with Gasteiger partial charge in [0.05, 0.1) is 30.0 Å². The number of carbonyl (C=O) groups excluding carboxylic acids is 2. The van der Waals surface area contributed by atoms with E-state index in [0.717, 1.165) is 0 Å². The van der Waals surface area contributed by atoms with Crippen LogP contribution in [0.3, 0.4) is 0 Å². The number of nitrogens with one attached hydrogen (secondary N) is 3. The van der Waals surface area contributed by atoms with Crippen molar-refractivity contribution in [3.63, 3.8) is 0 Å². The molecule has 0 heterocycles. The highest BCUT2D eigenvalue weighted by atomic mass is 16.5. The van der Waals surface area contributed by atoms with Gasteiger partial charge in [0.15, 0.2) is 0 Å². The Morgan fingerprint density at radius 3 is 2.50 bits per heavy atom. The minimum atomic E-state index is -0.317. The monoisotopic (exact) mass is 352 g/mol. The highest BCUT2D eigenvalue weighted by molar-refractivity contribution is 6.01. The van der Waals surface area contributed by atoms with Crippen molar-refractivity contribution in [2.75, 3.05) is 37.4 Å². The highest BCUT2D eigenvalue weighted by Crippen LogP contribution is 2.16. The Kier molecular flexibility index (Phi) is 7.16. The number of rotatable bonds is 8. The van der Waals surface area contributed by atoms with Crippen molar-refractivity contribution in [3.05, 3.63) is 59.7 Å². The van der Waals surface area contributed by atoms with Crippen LogP contribution in [0.1, 0.15) is 15.9 Å². The SMILES string of the molecule is COCCNC(=O)c1ccccc1NCC(=O)Nc1ccccc1C#N. The van der Waals surface area contributed by atoms with Crippen molar-refractivity contribution >= 4 is 23.2 Å². The van der Waals surface area contributed by atoms with Crippen LogP contribution in [-0.2, 0) is 9.53 Å². The number of para-hydroxylation sites is 2. The third-order valence-corrected chi connectivity index (χ3v) is 3.52. The number of nitriles is 1. The number of methoxy groups -OCH3 is 1. The van der Waals surface area contributed by atoms with Crippen LogP contribution < -0.4 is 16.0 Å². The molecule has 134 valence electrons. The smallest absolute Gasteiger partial charge is 0.253 e. The number of carbonyl (C=O) groups is 2. The molecule has 3 N–H and O–H groups in total. The molecule has 0 aliphatic carbocycles. The Morgan fingerprint density at radius 1 is 1.08 bits per heavy atom. The summed E-state index contributed by atoms with van der Waals surface area (Å²) in [6.45, 7) is 0.777. The summed E-state index contributed by atoms with van der Waals surface area (Å²) >= 11 is 0. The van der Waals surface area contributed by atoms with Crippen LogP contribution in [0.25, 0.3) is 0 Å². The molecular formula is C19H20N4O3. The largest absolute Gasteiger partial charge is 0.383 e. The Labute approximate surface area is 152 Å². The Bertz CT molecular complexity index is 814. The Morgan fingerprint density at radius 2 is 1.77 bits per heavy atom. The standard InChI is InChI=1S/C19H20N4O3/c1-26-11-10-21-19(25)15-7-3-5-9-17(15)22-13-18(24)23-16-8-4-2-6-14(16)12-20/h2-9,22H,10-11,13H2,1H3,(H,21,25)(H,23,24). The molecule has 0 aromatic heterocycles. The average Bonchev–Trinajstić information content (AvgIpc) is 2.67. The van der Waals surface area contributed by atoms with Crippen molar-refractivity contribution in [1.82, 2.24) is 5.32 Å². The second-order valence-corrected chi connectivity index (χ2v) is 5.35. The molecule has 7 heteroatoms. The third kappa shape index (κ3) is 5.33. The molecule has 26 heavy (non-hydrogen) atoms. The van der Waals surface area contributed by atoms with E-state index in [-0.39, 0.29) is 18.4 Å². The molecular weight excluding hydrogens is 332 g/mol. The number of hydrogen-bond acceptors (Lipinski definition) is 5. The lowest BCUT2D eigenvalue weighted by Crippen LogP contribution is -2.28. The van der Waals surface area contributed by atoms with Gasteiger partial charge in [0.25, 0.3) is 5.91 Å². The molecule has 0 atom stereocenters. The molecule has 0 spiro atoms. The summed E-state index contributed by atoms with van der Waals surface area (Å²) in [7, 11) is 1.56. The first-order chi connectivity index (χ1) is 12.7. The van der Waals surface area contributed by atoms with Crippen LogP contribution >= 0.6 is 0 Å². The van der Waals surface area contributed by atoms with Gasteiger partial charge in [0, 0.05) is 19.3 Å². The zero-order valence-corrected chi connectivity index (χ0v) is 14.4. The number of nitrogens with zero attached hydrogens (tertiary/aromatic N) is 1. The number of benzene rings is 2. The molecule has 0 fully saturated rings. The number of ether oxygens (including phenoxy) is 1. The van der Waals surface area contributed by atoms with Gasteiger partial charge in [-0.2, -0.15) is 5.26 Å². The van der Waals surface area contributed by atoms with E-state index >= 15 is 0 Å². The van der Waals surface area contributed by atoms with Crippen molar-refractivity contribution < 1.29 is 14.3 Å². The van der Waals surface area contributed by atoms with Crippen molar-refractivity contribution in [1.29, 1.82) is 5.26 Å². The maximum Gasteiger partial charge on any atom is 0.253 e. The molecule has 0 radical (unpaired) electrons. The van der Waals surface area contributed by atoms with Gasteiger partial charge >= 0.3 is 0 Å². The van der Waals surface area contributed by atoms with Crippen LogP contribution in [0, 0.1) is 11.3 Å². The van der Waals surface area contributed by atoms with E-state index in [9.17, 15) is 9.59 Å². The summed E-state index contributed by atoms with van der Waals surface area (Å²) in [4.78, 5) is 24.4. The van der Waals surface area contributed by atoms with E-state index in [4.69, 9.17) is 10.00 Å². The zero-order chi connectivity index (χ0) is 18.8. The van der Waals surface area contributed by atoms with E-state index < -0.39 is 0 Å². The van der Waals surface area contributed by atoms with Crippen LogP contribution in [-0.4, -0.2) is 38.6 Å². The maximum absolute atomic E-state index is 12.2. The summed E-state index contributed by atoms with van der Waals surface area (Å²) in [5.74, 6) is -0.567. The fraction of sp³-hybridized carbons (Fsp3) is 0.211. The quantitative estimate of drug-likeness (QED) is 0.631. The molecule has 2 aromatic carbocycles. The van der Waals surface area contributed by atoms with Crippen LogP contribution in [0.5, 0.6) is 0 Å². The van der Waals surface area contributed by atoms with E-state index in [0.29, 0.717) is 35.7 Å². The number of amides is 2. The normalized spacial score (nSPS) is 9.85. The van der Waals surface area contributed by atoms with Gasteiger partial charge in [-0.05, 0) is 24.3 Å². The topological polar surface area (TPSA) is 103 Å². The van der Waals surface area contributed by atoms with Gasteiger partial charge in [-0.25, -0.2) is 0 Å². The van der Waals surface area contributed by atoms with Crippen molar-refractivity contribution in [2.45, 2.75) is 0 Å². The fourth-order valence-electron chi connectivity index (χ4n) is 2.26. The first-order valence-corrected chi connectivity index (χ1v) is 8.04. The molecule has 0 saturated heterocycles. The lowest BCUT2D eigenvalue weighted by atomic mass is 10.1.